The minimum absolute atomic E-state index is 1.28. The summed E-state index contributed by atoms with van der Waals surface area (Å²) < 4.78 is 0. The highest BCUT2D eigenvalue weighted by Crippen LogP contribution is 2.42. The highest BCUT2D eigenvalue weighted by atomic mass is 32.2. The Morgan fingerprint density at radius 1 is 0.545 bits per heavy atom. The standard InChI is InChI=1S/C21H16S/c1-22-21-18-13-7-5-11-16(18)20(15-9-3-2-4-10-15)17-12-6-8-14-19(17)21/h2-14H,1H3. The number of benzene rings is 4. The zero-order valence-electron chi connectivity index (χ0n) is 12.4. The molecule has 0 amide bonds. The van der Waals surface area contributed by atoms with Crippen molar-refractivity contribution < 1.29 is 0 Å². The third-order valence-electron chi connectivity index (χ3n) is 4.15. The molecule has 0 saturated heterocycles. The van der Waals surface area contributed by atoms with Crippen molar-refractivity contribution in [1.82, 2.24) is 0 Å². The van der Waals surface area contributed by atoms with Gasteiger partial charge in [-0.25, -0.2) is 0 Å². The van der Waals surface area contributed by atoms with E-state index < -0.39 is 0 Å². The monoisotopic (exact) mass is 300 g/mol. The molecule has 4 aromatic carbocycles. The summed E-state index contributed by atoms with van der Waals surface area (Å²) in [6.07, 6.45) is 2.16. The van der Waals surface area contributed by atoms with Crippen LogP contribution in [0.25, 0.3) is 32.7 Å². The topological polar surface area (TPSA) is 0 Å². The molecule has 0 N–H and O–H groups in total. The van der Waals surface area contributed by atoms with E-state index in [0.29, 0.717) is 0 Å². The van der Waals surface area contributed by atoms with E-state index in [4.69, 9.17) is 0 Å². The number of hydrogen-bond acceptors (Lipinski definition) is 1. The predicted molar refractivity (Wildman–Crippen MR) is 98.7 cm³/mol. The molecule has 0 bridgehead atoms. The molecule has 0 nitrogen and oxygen atoms in total. The van der Waals surface area contributed by atoms with Crippen molar-refractivity contribution in [2.45, 2.75) is 4.90 Å². The molecule has 106 valence electrons. The van der Waals surface area contributed by atoms with E-state index in [1.807, 2.05) is 11.8 Å². The van der Waals surface area contributed by atoms with Gasteiger partial charge in [0.15, 0.2) is 0 Å². The molecule has 0 saturated carbocycles. The Morgan fingerprint density at radius 2 is 1.00 bits per heavy atom. The highest BCUT2D eigenvalue weighted by molar-refractivity contribution is 7.99. The lowest BCUT2D eigenvalue weighted by Gasteiger charge is -2.15. The van der Waals surface area contributed by atoms with Crippen molar-refractivity contribution in [2.75, 3.05) is 6.26 Å². The van der Waals surface area contributed by atoms with E-state index in [0.717, 1.165) is 0 Å². The van der Waals surface area contributed by atoms with Gasteiger partial charge in [0, 0.05) is 4.90 Å². The van der Waals surface area contributed by atoms with Crippen molar-refractivity contribution in [3.05, 3.63) is 78.9 Å². The lowest BCUT2D eigenvalue weighted by Crippen LogP contribution is -1.88. The summed E-state index contributed by atoms with van der Waals surface area (Å²) >= 11 is 1.83. The van der Waals surface area contributed by atoms with Gasteiger partial charge in [0.25, 0.3) is 0 Å². The van der Waals surface area contributed by atoms with Crippen LogP contribution in [0.1, 0.15) is 0 Å². The molecule has 4 rings (SSSR count). The summed E-state index contributed by atoms with van der Waals surface area (Å²) in [5.74, 6) is 0. The Morgan fingerprint density at radius 3 is 1.50 bits per heavy atom. The van der Waals surface area contributed by atoms with E-state index in [-0.39, 0.29) is 0 Å². The van der Waals surface area contributed by atoms with Crippen molar-refractivity contribution in [1.29, 1.82) is 0 Å². The molecule has 0 unspecified atom stereocenters. The Kier molecular flexibility index (Phi) is 3.36. The first-order valence-corrected chi connectivity index (χ1v) is 8.65. The van der Waals surface area contributed by atoms with E-state index in [1.165, 1.54) is 37.6 Å². The summed E-state index contributed by atoms with van der Waals surface area (Å²) in [4.78, 5) is 1.37. The smallest absolute Gasteiger partial charge is 0.0227 e. The van der Waals surface area contributed by atoms with Crippen molar-refractivity contribution in [2.24, 2.45) is 0 Å². The fraction of sp³-hybridized carbons (Fsp3) is 0.0476. The molecule has 0 radical (unpaired) electrons. The average Bonchev–Trinajstić information content (AvgIpc) is 2.60. The van der Waals surface area contributed by atoms with Crippen LogP contribution in [-0.4, -0.2) is 6.26 Å². The van der Waals surface area contributed by atoms with E-state index in [9.17, 15) is 0 Å². The summed E-state index contributed by atoms with van der Waals surface area (Å²) in [6, 6.07) is 28.2. The lowest BCUT2D eigenvalue weighted by atomic mass is 9.92. The van der Waals surface area contributed by atoms with Gasteiger partial charge >= 0.3 is 0 Å². The Labute approximate surface area is 134 Å². The van der Waals surface area contributed by atoms with E-state index >= 15 is 0 Å². The van der Waals surface area contributed by atoms with Gasteiger partial charge in [-0.2, -0.15) is 0 Å². The number of fused-ring (bicyclic) bond motifs is 2. The lowest BCUT2D eigenvalue weighted by molar-refractivity contribution is 1.60. The second-order valence-electron chi connectivity index (χ2n) is 5.37. The summed E-state index contributed by atoms with van der Waals surface area (Å²) in [7, 11) is 0. The maximum Gasteiger partial charge on any atom is 0.0227 e. The van der Waals surface area contributed by atoms with Crippen LogP contribution < -0.4 is 0 Å². The highest BCUT2D eigenvalue weighted by Gasteiger charge is 2.13. The van der Waals surface area contributed by atoms with Crippen LogP contribution in [-0.2, 0) is 0 Å². The fourth-order valence-corrected chi connectivity index (χ4v) is 4.02. The van der Waals surface area contributed by atoms with Crippen LogP contribution in [0.15, 0.2) is 83.8 Å². The molecule has 0 fully saturated rings. The Hall–Kier alpha value is -2.25. The van der Waals surface area contributed by atoms with Crippen LogP contribution in [0.4, 0.5) is 0 Å². The maximum atomic E-state index is 2.24. The van der Waals surface area contributed by atoms with Crippen molar-refractivity contribution >= 4 is 33.3 Å². The molecule has 4 aromatic rings. The molecule has 0 spiro atoms. The summed E-state index contributed by atoms with van der Waals surface area (Å²) in [6.45, 7) is 0. The van der Waals surface area contributed by atoms with Crippen molar-refractivity contribution in [3.8, 4) is 11.1 Å². The van der Waals surface area contributed by atoms with E-state index in [2.05, 4.69) is 85.1 Å². The van der Waals surface area contributed by atoms with Gasteiger partial charge in [0.2, 0.25) is 0 Å². The molecular weight excluding hydrogens is 284 g/mol. The average molecular weight is 300 g/mol. The molecule has 22 heavy (non-hydrogen) atoms. The van der Waals surface area contributed by atoms with Gasteiger partial charge in [0.1, 0.15) is 0 Å². The van der Waals surface area contributed by atoms with Gasteiger partial charge in [-0.1, -0.05) is 78.9 Å². The van der Waals surface area contributed by atoms with Crippen LogP contribution in [0, 0.1) is 0 Å². The number of rotatable bonds is 2. The van der Waals surface area contributed by atoms with Crippen LogP contribution in [0.5, 0.6) is 0 Å². The van der Waals surface area contributed by atoms with Crippen LogP contribution in [0.2, 0.25) is 0 Å². The Bertz CT molecular complexity index is 898. The third kappa shape index (κ3) is 2.01. The van der Waals surface area contributed by atoms with Gasteiger partial charge in [0.05, 0.1) is 0 Å². The van der Waals surface area contributed by atoms with Gasteiger partial charge < -0.3 is 0 Å². The normalized spacial score (nSPS) is 11.1. The summed E-state index contributed by atoms with van der Waals surface area (Å²) in [5.41, 5.74) is 2.62. The molecule has 1 heteroatoms. The van der Waals surface area contributed by atoms with Gasteiger partial charge in [-0.05, 0) is 38.9 Å². The molecule has 0 heterocycles. The minimum atomic E-state index is 1.28. The van der Waals surface area contributed by atoms with Crippen LogP contribution in [0.3, 0.4) is 0 Å². The molecule has 0 aliphatic heterocycles. The zero-order valence-corrected chi connectivity index (χ0v) is 13.2. The van der Waals surface area contributed by atoms with Crippen molar-refractivity contribution in [3.63, 3.8) is 0 Å². The molecule has 0 aliphatic carbocycles. The maximum absolute atomic E-state index is 2.24. The largest absolute Gasteiger partial charge is 0.128 e. The molecule has 0 aliphatic rings. The van der Waals surface area contributed by atoms with Gasteiger partial charge in [-0.3, -0.25) is 0 Å². The first kappa shape index (κ1) is 13.4. The third-order valence-corrected chi connectivity index (χ3v) is 5.00. The quantitative estimate of drug-likeness (QED) is 0.305. The fourth-order valence-electron chi connectivity index (χ4n) is 3.22. The molecule has 0 atom stereocenters. The number of thioether (sulfide) groups is 1. The first-order chi connectivity index (χ1) is 10.9. The second-order valence-corrected chi connectivity index (χ2v) is 6.18. The van der Waals surface area contributed by atoms with Gasteiger partial charge in [-0.15, -0.1) is 11.8 Å². The predicted octanol–water partition coefficient (Wildman–Crippen LogP) is 6.38. The van der Waals surface area contributed by atoms with E-state index in [1.54, 1.807) is 0 Å². The molecule has 0 aromatic heterocycles. The Balaban J connectivity index is 2.27. The number of hydrogen-bond donors (Lipinski definition) is 0. The minimum Gasteiger partial charge on any atom is -0.128 e. The SMILES string of the molecule is CSc1c2ccccc2c(-c2ccccc2)c2ccccc12. The summed E-state index contributed by atoms with van der Waals surface area (Å²) in [5, 5.41) is 5.34. The molecular formula is C21H16S. The second kappa shape index (κ2) is 5.51. The van der Waals surface area contributed by atoms with Crippen LogP contribution >= 0.6 is 11.8 Å². The first-order valence-electron chi connectivity index (χ1n) is 7.43. The zero-order chi connectivity index (χ0) is 14.9.